The lowest BCUT2D eigenvalue weighted by atomic mass is 9.78. The normalized spacial score (nSPS) is 18.2. The van der Waals surface area contributed by atoms with Gasteiger partial charge < -0.3 is 28.4 Å². The molecule has 1 rings (SSSR count). The van der Waals surface area contributed by atoms with E-state index >= 15 is 0 Å². The highest BCUT2D eigenvalue weighted by Crippen LogP contribution is 2.59. The topological polar surface area (TPSA) is 89.5 Å². The Morgan fingerprint density at radius 3 is 1.44 bits per heavy atom. The van der Waals surface area contributed by atoms with Crippen molar-refractivity contribution in [2.45, 2.75) is 162 Å². The number of methoxy groups -OCH3 is 2. The molecule has 1 saturated carbocycles. The van der Waals surface area contributed by atoms with Crippen LogP contribution in [0.15, 0.2) is 0 Å². The first-order chi connectivity index (χ1) is 22.3. The zero-order valence-electron chi connectivity index (χ0n) is 31.3. The Morgan fingerprint density at radius 2 is 1.12 bits per heavy atom. The van der Waals surface area contributed by atoms with Gasteiger partial charge in [0.05, 0.1) is 10.8 Å². The van der Waals surface area contributed by atoms with Crippen LogP contribution in [0.4, 0.5) is 39.5 Å². The molecule has 0 saturated heterocycles. The fraction of sp³-hybridized carbons (Fsp3) is 0.939. The molecule has 1 aliphatic rings. The van der Waals surface area contributed by atoms with E-state index in [1.54, 1.807) is 41.5 Å². The minimum atomic E-state index is -5.87. The van der Waals surface area contributed by atoms with Crippen LogP contribution in [0.2, 0.25) is 0 Å². The van der Waals surface area contributed by atoms with Gasteiger partial charge in [0.1, 0.15) is 12.4 Å². The second kappa shape index (κ2) is 16.9. The molecule has 17 heteroatoms. The lowest BCUT2D eigenvalue weighted by Crippen LogP contribution is -2.73. The first-order valence-electron chi connectivity index (χ1n) is 16.3. The van der Waals surface area contributed by atoms with Crippen molar-refractivity contribution >= 4 is 11.9 Å². The number of rotatable bonds is 15. The largest absolute Gasteiger partial charge is 0.456 e. The SMILES string of the molecule is CCC(C)(C)C(=O)OC(C)(C)C(C)(OC(OC)C(C)C)C(F)(F)F.CCC(C)(C)C(=O)OC1(C(OCOC)(C(F)(F)F)C(F)(F)F)CCCC1. The van der Waals surface area contributed by atoms with Crippen LogP contribution in [0.5, 0.6) is 0 Å². The van der Waals surface area contributed by atoms with Crippen molar-refractivity contribution in [1.82, 2.24) is 0 Å². The van der Waals surface area contributed by atoms with Crippen molar-refractivity contribution in [3.63, 3.8) is 0 Å². The Labute approximate surface area is 289 Å². The van der Waals surface area contributed by atoms with Crippen molar-refractivity contribution in [2.75, 3.05) is 21.0 Å². The molecule has 1 fully saturated rings. The molecule has 2 atom stereocenters. The fourth-order valence-corrected chi connectivity index (χ4v) is 4.90. The number of hydrogen-bond donors (Lipinski definition) is 0. The van der Waals surface area contributed by atoms with Crippen molar-refractivity contribution in [2.24, 2.45) is 16.7 Å². The van der Waals surface area contributed by atoms with Crippen LogP contribution in [0.3, 0.4) is 0 Å². The minimum absolute atomic E-state index is 0.0457. The van der Waals surface area contributed by atoms with Gasteiger partial charge in [-0.05, 0) is 87.0 Å². The standard InChI is InChI=1S/C17H31F3O4.C16H24F6O4/c1-10-14(4,5)13(21)24-15(6,7)16(8,17(18,19)20)23-12(22-9)11(2)3;1-5-12(2,3)11(23)26-13(8-6-7-9-13)14(15(17,18)19,16(20,21)22)25-10-24-4/h11-12H,10H2,1-9H3;5-10H2,1-4H3. The molecule has 2 unspecified atom stereocenters. The molecule has 0 heterocycles. The van der Waals surface area contributed by atoms with Gasteiger partial charge in [0, 0.05) is 20.1 Å². The average molecular weight is 751 g/mol. The van der Waals surface area contributed by atoms with E-state index in [1.165, 1.54) is 34.8 Å². The quantitative estimate of drug-likeness (QED) is 0.0930. The van der Waals surface area contributed by atoms with E-state index in [9.17, 15) is 49.1 Å². The summed E-state index contributed by atoms with van der Waals surface area (Å²) in [6, 6.07) is 0. The van der Waals surface area contributed by atoms with Crippen molar-refractivity contribution in [3.05, 3.63) is 0 Å². The van der Waals surface area contributed by atoms with E-state index in [4.69, 9.17) is 18.9 Å². The van der Waals surface area contributed by atoms with E-state index < -0.39 is 89.6 Å². The molecule has 1 aliphatic carbocycles. The second-order valence-corrected chi connectivity index (χ2v) is 14.7. The molecule has 50 heavy (non-hydrogen) atoms. The molecule has 0 aromatic heterocycles. The van der Waals surface area contributed by atoms with E-state index in [2.05, 4.69) is 9.47 Å². The Morgan fingerprint density at radius 1 is 0.700 bits per heavy atom. The molecule has 298 valence electrons. The molecule has 0 aromatic rings. The maximum atomic E-state index is 13.8. The van der Waals surface area contributed by atoms with Crippen LogP contribution < -0.4 is 0 Å². The van der Waals surface area contributed by atoms with Crippen molar-refractivity contribution in [3.8, 4) is 0 Å². The molecular weight excluding hydrogens is 695 g/mol. The van der Waals surface area contributed by atoms with Gasteiger partial charge >= 0.3 is 36.1 Å². The maximum Gasteiger partial charge on any atom is 0.430 e. The third-order valence-electron chi connectivity index (χ3n) is 9.57. The number of halogens is 9. The van der Waals surface area contributed by atoms with E-state index in [-0.39, 0.29) is 25.2 Å². The lowest BCUT2D eigenvalue weighted by molar-refractivity contribution is -0.433. The summed E-state index contributed by atoms with van der Waals surface area (Å²) in [6.07, 6.45) is -18.1. The Balaban J connectivity index is 0.000000964. The zero-order valence-corrected chi connectivity index (χ0v) is 31.3. The number of carbonyl (C=O) groups is 2. The van der Waals surface area contributed by atoms with Crippen LogP contribution in [-0.4, -0.2) is 80.2 Å². The fourth-order valence-electron chi connectivity index (χ4n) is 4.90. The van der Waals surface area contributed by atoms with Gasteiger partial charge in [-0.2, -0.15) is 39.5 Å². The van der Waals surface area contributed by atoms with Gasteiger partial charge in [-0.15, -0.1) is 0 Å². The second-order valence-electron chi connectivity index (χ2n) is 14.7. The molecule has 0 aliphatic heterocycles. The smallest absolute Gasteiger partial charge is 0.430 e. The number of hydrogen-bond acceptors (Lipinski definition) is 8. The third kappa shape index (κ3) is 10.2. The van der Waals surface area contributed by atoms with Gasteiger partial charge in [0.25, 0.3) is 0 Å². The monoisotopic (exact) mass is 750 g/mol. The first-order valence-corrected chi connectivity index (χ1v) is 16.3. The Hall–Kier alpha value is -1.85. The predicted molar refractivity (Wildman–Crippen MR) is 165 cm³/mol. The molecule has 0 amide bonds. The summed E-state index contributed by atoms with van der Waals surface area (Å²) < 4.78 is 154. The summed E-state index contributed by atoms with van der Waals surface area (Å²) in [5.74, 6) is -2.14. The molecule has 0 spiro atoms. The highest BCUT2D eigenvalue weighted by atomic mass is 19.4. The Kier molecular flexibility index (Phi) is 16.2. The number of esters is 2. The van der Waals surface area contributed by atoms with Crippen molar-refractivity contribution in [1.29, 1.82) is 0 Å². The highest BCUT2D eigenvalue weighted by Gasteiger charge is 2.83. The summed E-state index contributed by atoms with van der Waals surface area (Å²) in [7, 11) is 2.19. The number of carbonyl (C=O) groups excluding carboxylic acids is 2. The molecule has 0 bridgehead atoms. The van der Waals surface area contributed by atoms with E-state index in [1.807, 2.05) is 0 Å². The van der Waals surface area contributed by atoms with Crippen LogP contribution in [-0.2, 0) is 38.0 Å². The minimum Gasteiger partial charge on any atom is -0.456 e. The summed E-state index contributed by atoms with van der Waals surface area (Å²) in [5.41, 5.74) is -14.4. The van der Waals surface area contributed by atoms with Gasteiger partial charge in [0.2, 0.25) is 5.60 Å². The molecule has 0 radical (unpaired) electrons. The Bertz CT molecular complexity index is 1080. The summed E-state index contributed by atoms with van der Waals surface area (Å²) >= 11 is 0. The number of alkyl halides is 9. The summed E-state index contributed by atoms with van der Waals surface area (Å²) in [6.45, 7) is 14.8. The van der Waals surface area contributed by atoms with Crippen LogP contribution >= 0.6 is 0 Å². The van der Waals surface area contributed by atoms with Gasteiger partial charge in [-0.25, -0.2) is 0 Å². The van der Waals surface area contributed by atoms with Gasteiger partial charge in [-0.3, -0.25) is 9.59 Å². The molecule has 8 nitrogen and oxygen atoms in total. The first kappa shape index (κ1) is 48.1. The molecule has 0 N–H and O–H groups in total. The highest BCUT2D eigenvalue weighted by molar-refractivity contribution is 5.77. The van der Waals surface area contributed by atoms with E-state index in [0.717, 1.165) is 14.0 Å². The summed E-state index contributed by atoms with van der Waals surface area (Å²) in [5, 5.41) is 0. The lowest BCUT2D eigenvalue weighted by Gasteiger charge is -2.48. The van der Waals surface area contributed by atoms with E-state index in [0.29, 0.717) is 6.42 Å². The molecular formula is C33H55F9O8. The van der Waals surface area contributed by atoms with Crippen LogP contribution in [0, 0.1) is 16.7 Å². The van der Waals surface area contributed by atoms with Gasteiger partial charge in [0.15, 0.2) is 11.9 Å². The predicted octanol–water partition coefficient (Wildman–Crippen LogP) is 9.47. The molecule has 0 aromatic carbocycles. The summed E-state index contributed by atoms with van der Waals surface area (Å²) in [4.78, 5) is 24.7. The van der Waals surface area contributed by atoms with Crippen LogP contribution in [0.25, 0.3) is 0 Å². The average Bonchev–Trinajstić information content (AvgIpc) is 3.42. The zero-order chi connectivity index (χ0) is 40.0. The van der Waals surface area contributed by atoms with Gasteiger partial charge in [-0.1, -0.05) is 27.7 Å². The van der Waals surface area contributed by atoms with Crippen LogP contribution in [0.1, 0.15) is 115 Å². The number of ether oxygens (including phenoxy) is 6. The van der Waals surface area contributed by atoms with Crippen molar-refractivity contribution < 1.29 is 77.5 Å². The maximum absolute atomic E-state index is 13.8. The third-order valence-corrected chi connectivity index (χ3v) is 9.57.